The lowest BCUT2D eigenvalue weighted by molar-refractivity contribution is 0.763. The predicted molar refractivity (Wildman–Crippen MR) is 35.3 cm³/mol. The van der Waals surface area contributed by atoms with Gasteiger partial charge >= 0.3 is 0 Å². The number of hydrogen-bond acceptors (Lipinski definition) is 1. The van der Waals surface area contributed by atoms with Gasteiger partial charge in [-0.1, -0.05) is 15.9 Å². The fraction of sp³-hybridized carbons (Fsp3) is 0.800. The molecule has 0 aliphatic carbocycles. The summed E-state index contributed by atoms with van der Waals surface area (Å²) in [5, 5.41) is 0. The summed E-state index contributed by atoms with van der Waals surface area (Å²) in [4.78, 5) is 4.64. The highest BCUT2D eigenvalue weighted by atomic mass is 79.9. The topological polar surface area (TPSA) is 12.4 Å². The number of halogens is 1. The largest absolute Gasteiger partial charge is 0.296 e. The van der Waals surface area contributed by atoms with E-state index in [4.69, 9.17) is 0 Å². The van der Waals surface area contributed by atoms with Crippen molar-refractivity contribution in [3.05, 3.63) is 0 Å². The van der Waals surface area contributed by atoms with Crippen LogP contribution in [-0.2, 0) is 0 Å². The van der Waals surface area contributed by atoms with E-state index in [1.54, 1.807) is 0 Å². The van der Waals surface area contributed by atoms with Crippen LogP contribution in [0.5, 0.6) is 0 Å². The van der Waals surface area contributed by atoms with Gasteiger partial charge < -0.3 is 0 Å². The Labute approximate surface area is 52.0 Å². The van der Waals surface area contributed by atoms with Gasteiger partial charge in [-0.05, 0) is 12.8 Å². The molecule has 0 aromatic rings. The molecule has 1 rings (SSSR count). The van der Waals surface area contributed by atoms with E-state index >= 15 is 0 Å². The maximum absolute atomic E-state index is 4.09. The first-order valence-electron chi connectivity index (χ1n) is 2.53. The third-order valence-corrected chi connectivity index (χ3v) is 1.73. The molecule has 1 unspecified atom stereocenters. The number of nitrogens with zero attached hydrogens (tertiary/aromatic N) is 1. The van der Waals surface area contributed by atoms with Crippen LogP contribution in [0.15, 0.2) is 4.99 Å². The molecule has 1 atom stereocenters. The summed E-state index contributed by atoms with van der Waals surface area (Å²) in [7, 11) is 0. The highest BCUT2D eigenvalue weighted by Crippen LogP contribution is 2.08. The molecule has 7 heavy (non-hydrogen) atoms. The SMILES string of the molecule is BrC1C=NCCC1. The van der Waals surface area contributed by atoms with Gasteiger partial charge in [0, 0.05) is 17.6 Å². The number of aliphatic imine (C=N–C) groups is 1. The van der Waals surface area contributed by atoms with E-state index in [0.717, 1.165) is 6.54 Å². The maximum Gasteiger partial charge on any atom is 0.0495 e. The van der Waals surface area contributed by atoms with Crippen molar-refractivity contribution < 1.29 is 0 Å². The first kappa shape index (κ1) is 5.29. The molecule has 1 aliphatic rings. The Morgan fingerprint density at radius 1 is 1.71 bits per heavy atom. The van der Waals surface area contributed by atoms with Gasteiger partial charge in [0.1, 0.15) is 0 Å². The minimum absolute atomic E-state index is 0.557. The van der Waals surface area contributed by atoms with Crippen molar-refractivity contribution in [3.63, 3.8) is 0 Å². The molecule has 0 saturated carbocycles. The molecule has 0 aromatic carbocycles. The highest BCUT2D eigenvalue weighted by molar-refractivity contribution is 9.09. The minimum atomic E-state index is 0.557. The van der Waals surface area contributed by atoms with Crippen molar-refractivity contribution in [2.75, 3.05) is 6.54 Å². The average molecular weight is 162 g/mol. The van der Waals surface area contributed by atoms with Crippen LogP contribution in [0.2, 0.25) is 0 Å². The van der Waals surface area contributed by atoms with Crippen molar-refractivity contribution in [2.45, 2.75) is 17.7 Å². The molecule has 2 heteroatoms. The highest BCUT2D eigenvalue weighted by Gasteiger charge is 2.01. The van der Waals surface area contributed by atoms with Gasteiger partial charge in [-0.15, -0.1) is 0 Å². The molecular weight excluding hydrogens is 154 g/mol. The first-order chi connectivity index (χ1) is 3.39. The molecule has 0 saturated heterocycles. The van der Waals surface area contributed by atoms with Crippen LogP contribution in [0.4, 0.5) is 0 Å². The second-order valence-corrected chi connectivity index (χ2v) is 2.89. The van der Waals surface area contributed by atoms with E-state index in [0.29, 0.717) is 4.83 Å². The summed E-state index contributed by atoms with van der Waals surface area (Å²) < 4.78 is 0. The Hall–Kier alpha value is 0.150. The molecule has 0 spiro atoms. The van der Waals surface area contributed by atoms with Crippen LogP contribution >= 0.6 is 15.9 Å². The summed E-state index contributed by atoms with van der Waals surface area (Å²) >= 11 is 3.44. The van der Waals surface area contributed by atoms with Gasteiger partial charge in [0.2, 0.25) is 0 Å². The summed E-state index contributed by atoms with van der Waals surface area (Å²) in [6.45, 7) is 1.03. The van der Waals surface area contributed by atoms with Gasteiger partial charge in [0.15, 0.2) is 0 Å². The van der Waals surface area contributed by atoms with E-state index in [-0.39, 0.29) is 0 Å². The van der Waals surface area contributed by atoms with E-state index in [1.165, 1.54) is 12.8 Å². The van der Waals surface area contributed by atoms with E-state index in [2.05, 4.69) is 20.9 Å². The van der Waals surface area contributed by atoms with E-state index < -0.39 is 0 Å². The lowest BCUT2D eigenvalue weighted by Crippen LogP contribution is -2.05. The molecule has 0 radical (unpaired) electrons. The predicted octanol–water partition coefficient (Wildman–Crippen LogP) is 1.61. The van der Waals surface area contributed by atoms with Crippen LogP contribution in [0.3, 0.4) is 0 Å². The summed E-state index contributed by atoms with van der Waals surface area (Å²) in [6, 6.07) is 0. The summed E-state index contributed by atoms with van der Waals surface area (Å²) in [6.07, 6.45) is 4.47. The molecule has 0 aromatic heterocycles. The number of hydrogen-bond donors (Lipinski definition) is 0. The van der Waals surface area contributed by atoms with Crippen LogP contribution < -0.4 is 0 Å². The van der Waals surface area contributed by atoms with Gasteiger partial charge in [-0.2, -0.15) is 0 Å². The van der Waals surface area contributed by atoms with Gasteiger partial charge in [-0.3, -0.25) is 4.99 Å². The fourth-order valence-corrected chi connectivity index (χ4v) is 1.13. The fourth-order valence-electron chi connectivity index (χ4n) is 0.641. The third-order valence-electron chi connectivity index (χ3n) is 1.03. The zero-order chi connectivity index (χ0) is 5.11. The minimum Gasteiger partial charge on any atom is -0.296 e. The first-order valence-corrected chi connectivity index (χ1v) is 3.45. The molecule has 0 N–H and O–H groups in total. The van der Waals surface area contributed by atoms with Crippen molar-refractivity contribution in [3.8, 4) is 0 Å². The second kappa shape index (κ2) is 2.46. The molecule has 0 amide bonds. The van der Waals surface area contributed by atoms with Crippen LogP contribution in [0, 0.1) is 0 Å². The van der Waals surface area contributed by atoms with Crippen LogP contribution in [0.25, 0.3) is 0 Å². The normalized spacial score (nSPS) is 30.7. The second-order valence-electron chi connectivity index (χ2n) is 1.71. The molecule has 1 nitrogen and oxygen atoms in total. The summed E-state index contributed by atoms with van der Waals surface area (Å²) in [5.74, 6) is 0. The molecule has 1 heterocycles. The zero-order valence-electron chi connectivity index (χ0n) is 4.10. The van der Waals surface area contributed by atoms with Crippen molar-refractivity contribution in [2.24, 2.45) is 4.99 Å². The smallest absolute Gasteiger partial charge is 0.0495 e. The van der Waals surface area contributed by atoms with E-state index in [1.807, 2.05) is 6.21 Å². The average Bonchev–Trinajstić information content (AvgIpc) is 1.69. The Kier molecular flexibility index (Phi) is 1.86. The maximum atomic E-state index is 4.09. The van der Waals surface area contributed by atoms with Gasteiger partial charge in [-0.25, -0.2) is 0 Å². The van der Waals surface area contributed by atoms with Crippen LogP contribution in [-0.4, -0.2) is 17.6 Å². The Morgan fingerprint density at radius 2 is 2.57 bits per heavy atom. The van der Waals surface area contributed by atoms with E-state index in [9.17, 15) is 0 Å². The molecule has 1 aliphatic heterocycles. The van der Waals surface area contributed by atoms with Crippen molar-refractivity contribution in [1.82, 2.24) is 0 Å². The quantitative estimate of drug-likeness (QED) is 0.480. The van der Waals surface area contributed by atoms with Gasteiger partial charge in [0.05, 0.1) is 0 Å². The molecule has 0 bridgehead atoms. The number of rotatable bonds is 0. The molecule has 40 valence electrons. The van der Waals surface area contributed by atoms with Gasteiger partial charge in [0.25, 0.3) is 0 Å². The van der Waals surface area contributed by atoms with Crippen molar-refractivity contribution in [1.29, 1.82) is 0 Å². The molecule has 0 fully saturated rings. The Bertz CT molecular complexity index is 80.1. The van der Waals surface area contributed by atoms with Crippen LogP contribution in [0.1, 0.15) is 12.8 Å². The molecular formula is C5H8BrN. The Morgan fingerprint density at radius 3 is 2.86 bits per heavy atom. The zero-order valence-corrected chi connectivity index (χ0v) is 5.69. The monoisotopic (exact) mass is 161 g/mol. The van der Waals surface area contributed by atoms with Crippen molar-refractivity contribution >= 4 is 22.1 Å². The number of alkyl halides is 1. The lowest BCUT2D eigenvalue weighted by atomic mass is 10.2. The lowest BCUT2D eigenvalue weighted by Gasteiger charge is -2.06. The Balaban J connectivity index is 2.36. The summed E-state index contributed by atoms with van der Waals surface area (Å²) in [5.41, 5.74) is 0. The standard InChI is InChI=1S/C5H8BrN/c6-5-2-1-3-7-4-5/h4-5H,1-3H2. The third kappa shape index (κ3) is 1.59.